The summed E-state index contributed by atoms with van der Waals surface area (Å²) in [4.78, 5) is 20.7. The Morgan fingerprint density at radius 2 is 1.33 bits per heavy atom. The van der Waals surface area contributed by atoms with Gasteiger partial charge in [0.15, 0.2) is 5.78 Å². The number of aryl methyl sites for hydroxylation is 5. The number of hydrogen-bond donors (Lipinski definition) is 1. The quantitative estimate of drug-likeness (QED) is 0.0844. The van der Waals surface area contributed by atoms with Crippen LogP contribution in [-0.4, -0.2) is 27.0 Å². The molecule has 4 aromatic carbocycles. The number of nitrogens with zero attached hydrogens (tertiary/aromatic N) is 2. The van der Waals surface area contributed by atoms with E-state index in [2.05, 4.69) is 78.4 Å². The molecule has 1 saturated carbocycles. The summed E-state index contributed by atoms with van der Waals surface area (Å²) in [6.45, 7) is 15.5. The van der Waals surface area contributed by atoms with Gasteiger partial charge >= 0.3 is 6.18 Å². The Morgan fingerprint density at radius 3 is 1.89 bits per heavy atom. The van der Waals surface area contributed by atoms with Gasteiger partial charge in [-0.15, -0.1) is 69.8 Å². The van der Waals surface area contributed by atoms with Crippen LogP contribution in [0.1, 0.15) is 114 Å². The molecule has 0 bridgehead atoms. The Kier molecular flexibility index (Phi) is 16.9. The first-order valence-corrected chi connectivity index (χ1v) is 21.2. The third-order valence-electron chi connectivity index (χ3n) is 11.3. The second kappa shape index (κ2) is 22.4. The Morgan fingerprint density at radius 1 is 0.770 bits per heavy atom. The van der Waals surface area contributed by atoms with Crippen molar-refractivity contribution in [1.29, 1.82) is 0 Å². The van der Waals surface area contributed by atoms with Crippen LogP contribution in [0.2, 0.25) is 0 Å². The Bertz CT molecular complexity index is 2510. The summed E-state index contributed by atoms with van der Waals surface area (Å²) in [6, 6.07) is 30.4. The molecule has 325 valence electrons. The Labute approximate surface area is 377 Å². The smallest absolute Gasteiger partial charge is 0.389 e. The predicted octanol–water partition coefficient (Wildman–Crippen LogP) is 15.0. The van der Waals surface area contributed by atoms with Gasteiger partial charge in [-0.25, -0.2) is 0 Å². The maximum Gasteiger partial charge on any atom is 0.389 e. The average Bonchev–Trinajstić information content (AvgIpc) is 3.76. The zero-order chi connectivity index (χ0) is 45.3. The van der Waals surface area contributed by atoms with Crippen molar-refractivity contribution < 1.29 is 45.9 Å². The number of benzene rings is 4. The summed E-state index contributed by atoms with van der Waals surface area (Å²) in [6.07, 6.45) is 4.31. The molecule has 8 heteroatoms. The van der Waals surface area contributed by atoms with E-state index in [4.69, 9.17) is 2.74 Å². The van der Waals surface area contributed by atoms with Crippen LogP contribution in [-0.2, 0) is 24.9 Å². The van der Waals surface area contributed by atoms with E-state index >= 15 is 0 Å². The Balaban J connectivity index is 0.000000208. The van der Waals surface area contributed by atoms with Crippen molar-refractivity contribution in [3.05, 3.63) is 142 Å². The predicted molar refractivity (Wildman–Crippen MR) is 241 cm³/mol. The van der Waals surface area contributed by atoms with Gasteiger partial charge in [-0.05, 0) is 95.6 Å². The van der Waals surface area contributed by atoms with Gasteiger partial charge in [-0.1, -0.05) is 103 Å². The Hall–Kier alpha value is -4.65. The fraction of sp³-hybridized carbons (Fsp3) is 0.377. The molecule has 4 nitrogen and oxygen atoms in total. The number of allylic oxidation sites excluding steroid dienone is 2. The molecule has 1 N–H and O–H groups in total. The van der Waals surface area contributed by atoms with Crippen molar-refractivity contribution in [3.8, 4) is 22.5 Å². The van der Waals surface area contributed by atoms with Crippen LogP contribution in [0.25, 0.3) is 44.1 Å². The average molecular weight is 1010 g/mol. The van der Waals surface area contributed by atoms with E-state index in [1.807, 2.05) is 65.1 Å². The van der Waals surface area contributed by atoms with E-state index in [1.54, 1.807) is 6.92 Å². The minimum atomic E-state index is -4.33. The first kappa shape index (κ1) is 45.9. The van der Waals surface area contributed by atoms with E-state index in [-0.39, 0.29) is 50.4 Å². The molecule has 0 spiro atoms. The van der Waals surface area contributed by atoms with Crippen LogP contribution >= 0.6 is 0 Å². The molecule has 1 unspecified atom stereocenters. The zero-order valence-corrected chi connectivity index (χ0v) is 39.0. The first-order valence-electron chi connectivity index (χ1n) is 22.2. The van der Waals surface area contributed by atoms with E-state index in [0.717, 1.165) is 62.0 Å². The van der Waals surface area contributed by atoms with Crippen LogP contribution in [0.3, 0.4) is 0 Å². The molecule has 2 heterocycles. The monoisotopic (exact) mass is 1010 g/mol. The third kappa shape index (κ3) is 13.7. The summed E-state index contributed by atoms with van der Waals surface area (Å²) >= 11 is 0. The maximum absolute atomic E-state index is 12.3. The number of aliphatic hydroxyl groups is 1. The van der Waals surface area contributed by atoms with Crippen LogP contribution in [0.4, 0.5) is 13.2 Å². The second-order valence-corrected chi connectivity index (χ2v) is 16.3. The van der Waals surface area contributed by atoms with Crippen LogP contribution < -0.4 is 0 Å². The van der Waals surface area contributed by atoms with Crippen LogP contribution in [0, 0.1) is 58.6 Å². The number of alkyl halides is 3. The van der Waals surface area contributed by atoms with Gasteiger partial charge in [0.25, 0.3) is 0 Å². The molecule has 7 rings (SSSR count). The summed E-state index contributed by atoms with van der Waals surface area (Å²) in [5.74, 6) is -1.24. The number of pyridine rings is 2. The number of aliphatic hydroxyl groups excluding tert-OH is 1. The molecule has 0 amide bonds. The van der Waals surface area contributed by atoms with Crippen molar-refractivity contribution in [1.82, 2.24) is 9.97 Å². The van der Waals surface area contributed by atoms with E-state index < -0.39 is 24.3 Å². The minimum absolute atomic E-state index is 0. The van der Waals surface area contributed by atoms with E-state index in [9.17, 15) is 23.1 Å². The molecule has 2 aromatic heterocycles. The molecule has 0 saturated heterocycles. The summed E-state index contributed by atoms with van der Waals surface area (Å²) in [5.41, 5.74) is 11.0. The van der Waals surface area contributed by atoms with Gasteiger partial charge in [0.1, 0.15) is 0 Å². The number of hydrogen-bond acceptors (Lipinski definition) is 4. The molecular weight excluding hydrogens is 946 g/mol. The molecule has 0 aliphatic heterocycles. The van der Waals surface area contributed by atoms with Crippen molar-refractivity contribution in [3.63, 3.8) is 0 Å². The number of fused-ring (bicyclic) bond motifs is 2. The fourth-order valence-corrected chi connectivity index (χ4v) is 8.16. The van der Waals surface area contributed by atoms with Crippen molar-refractivity contribution >= 4 is 27.3 Å². The fourth-order valence-electron chi connectivity index (χ4n) is 8.16. The SMILES string of the molecule is CCC(CC)C(=O)/C=C(\O)C(CC)CC(F)(F)F.Cc1[c-]c(-c2nccc3cc(C4CCCC4)ccc23)cc(C)c1.[2H]c1nc(-c2[c-]c(C)cc(C)c2)c2ccc(C)cc2c1[2H].[Ir]. The van der Waals surface area contributed by atoms with Crippen LogP contribution in [0.5, 0.6) is 0 Å². The zero-order valence-electron chi connectivity index (χ0n) is 38.6. The largest absolute Gasteiger partial charge is 0.512 e. The number of halogens is 3. The molecule has 6 aromatic rings. The number of carbonyl (C=O) groups excluding carboxylic acids is 1. The molecule has 1 radical (unpaired) electrons. The van der Waals surface area contributed by atoms with Crippen molar-refractivity contribution in [2.24, 2.45) is 11.8 Å². The number of rotatable bonds is 10. The van der Waals surface area contributed by atoms with Gasteiger partial charge in [0.05, 0.1) is 14.9 Å². The summed E-state index contributed by atoms with van der Waals surface area (Å²) < 4.78 is 52.8. The van der Waals surface area contributed by atoms with E-state index in [1.165, 1.54) is 53.1 Å². The van der Waals surface area contributed by atoms with Gasteiger partial charge in [-0.3, -0.25) is 4.79 Å². The topological polar surface area (TPSA) is 63.1 Å². The summed E-state index contributed by atoms with van der Waals surface area (Å²) in [5, 5.41) is 13.8. The molecular formula is C53H59F3IrN2O2-2. The van der Waals surface area contributed by atoms with Gasteiger partial charge < -0.3 is 15.1 Å². The number of carbonyl (C=O) groups is 1. The van der Waals surface area contributed by atoms with Gasteiger partial charge in [0, 0.05) is 50.4 Å². The van der Waals surface area contributed by atoms with Gasteiger partial charge in [0.2, 0.25) is 0 Å². The standard InChI is InChI=1S/C22H22N.C18H16N.C13H21F3O2.Ir/c1-15-11-16(2)13-20(12-15)22-21-8-7-18(17-5-3-4-6-17)14-19(21)9-10-23-22;1-12-4-5-17-15(9-12)6-7-19-18(17)16-10-13(2)8-14(3)11-16;1-4-9(5-2)11(17)7-12(18)10(6-3)8-13(14,15)16;/h7-12,14,17H,3-6H2,1-2H3;4-10H,1-3H3;7,9-10,18H,4-6,8H2,1-3H3;/q2*-1;;/b;;12-7-;/i;6D,7D;;. The molecule has 1 aliphatic carbocycles. The maximum atomic E-state index is 12.3. The molecule has 1 atom stereocenters. The third-order valence-corrected chi connectivity index (χ3v) is 11.3. The molecule has 1 fully saturated rings. The molecule has 61 heavy (non-hydrogen) atoms. The van der Waals surface area contributed by atoms with Crippen molar-refractivity contribution in [2.75, 3.05) is 0 Å². The minimum Gasteiger partial charge on any atom is -0.512 e. The van der Waals surface area contributed by atoms with Gasteiger partial charge in [-0.2, -0.15) is 13.2 Å². The molecule has 1 aliphatic rings. The first-order chi connectivity index (χ1) is 29.4. The normalized spacial score (nSPS) is 14.1. The van der Waals surface area contributed by atoms with Crippen molar-refractivity contribution in [2.45, 2.75) is 119 Å². The number of aromatic nitrogens is 2. The number of ketones is 1. The summed E-state index contributed by atoms with van der Waals surface area (Å²) in [7, 11) is 0. The van der Waals surface area contributed by atoms with E-state index in [0.29, 0.717) is 12.8 Å². The second-order valence-electron chi connectivity index (χ2n) is 16.3. The van der Waals surface area contributed by atoms with Crippen LogP contribution in [0.15, 0.2) is 97.0 Å².